The molecule has 0 aromatic heterocycles. The van der Waals surface area contributed by atoms with Gasteiger partial charge < -0.3 is 10.0 Å². The van der Waals surface area contributed by atoms with Gasteiger partial charge in [-0.25, -0.2) is 8.42 Å². The third kappa shape index (κ3) is 3.19. The molecule has 1 unspecified atom stereocenters. The lowest BCUT2D eigenvalue weighted by Crippen LogP contribution is -2.45. The molecule has 1 heterocycles. The highest BCUT2D eigenvalue weighted by atomic mass is 32.2. The molecule has 0 bridgehead atoms. The number of likely N-dealkylation sites (tertiary alicyclic amines) is 1. The normalized spacial score (nSPS) is 19.9. The molecule has 0 aliphatic carbocycles. The maximum Gasteiger partial charge on any atom is 0.254 e. The fourth-order valence-electron chi connectivity index (χ4n) is 2.47. The highest BCUT2D eigenvalue weighted by molar-refractivity contribution is 7.90. The molecule has 6 heteroatoms. The van der Waals surface area contributed by atoms with Gasteiger partial charge in [0.2, 0.25) is 0 Å². The first-order valence-electron chi connectivity index (χ1n) is 6.65. The molecule has 1 aromatic rings. The summed E-state index contributed by atoms with van der Waals surface area (Å²) in [7, 11) is -3.25. The Bertz CT molecular complexity index is 580. The lowest BCUT2D eigenvalue weighted by molar-refractivity contribution is 0.0503. The predicted octanol–water partition coefficient (Wildman–Crippen LogP) is 1.08. The number of sulfone groups is 1. The van der Waals surface area contributed by atoms with Gasteiger partial charge in [-0.3, -0.25) is 4.79 Å². The lowest BCUT2D eigenvalue weighted by atomic mass is 10.0. The number of piperidine rings is 1. The van der Waals surface area contributed by atoms with Gasteiger partial charge in [0.1, 0.15) is 0 Å². The van der Waals surface area contributed by atoms with Crippen LogP contribution in [-0.4, -0.2) is 49.8 Å². The van der Waals surface area contributed by atoms with E-state index in [0.717, 1.165) is 25.5 Å². The molecular weight excluding hydrogens is 278 g/mol. The zero-order valence-corrected chi connectivity index (χ0v) is 12.3. The van der Waals surface area contributed by atoms with Gasteiger partial charge in [-0.1, -0.05) is 0 Å². The highest BCUT2D eigenvalue weighted by Gasteiger charge is 2.26. The molecule has 1 atom stereocenters. The molecule has 0 spiro atoms. The van der Waals surface area contributed by atoms with Crippen LogP contribution in [0.2, 0.25) is 0 Å². The van der Waals surface area contributed by atoms with Crippen LogP contribution in [0.15, 0.2) is 29.2 Å². The van der Waals surface area contributed by atoms with E-state index in [-0.39, 0.29) is 23.5 Å². The van der Waals surface area contributed by atoms with Crippen molar-refractivity contribution >= 4 is 15.7 Å². The smallest absolute Gasteiger partial charge is 0.254 e. The average molecular weight is 297 g/mol. The van der Waals surface area contributed by atoms with Crippen molar-refractivity contribution in [3.05, 3.63) is 29.8 Å². The van der Waals surface area contributed by atoms with Crippen LogP contribution in [0.4, 0.5) is 0 Å². The van der Waals surface area contributed by atoms with Crippen molar-refractivity contribution in [3.8, 4) is 0 Å². The highest BCUT2D eigenvalue weighted by Crippen LogP contribution is 2.20. The van der Waals surface area contributed by atoms with Gasteiger partial charge in [-0.05, 0) is 43.5 Å². The number of benzene rings is 1. The largest absolute Gasteiger partial charge is 0.394 e. The van der Waals surface area contributed by atoms with Crippen molar-refractivity contribution < 1.29 is 18.3 Å². The number of hydrogen-bond acceptors (Lipinski definition) is 4. The van der Waals surface area contributed by atoms with Crippen molar-refractivity contribution in [2.45, 2.75) is 30.2 Å². The third-order valence-electron chi connectivity index (χ3n) is 3.63. The Labute approximate surface area is 119 Å². The fourth-order valence-corrected chi connectivity index (χ4v) is 3.10. The SMILES string of the molecule is CS(=O)(=O)c1ccc(C(=O)N2CCCCC2CO)cc1. The molecule has 1 fully saturated rings. The summed E-state index contributed by atoms with van der Waals surface area (Å²) in [4.78, 5) is 14.3. The van der Waals surface area contributed by atoms with Crippen molar-refractivity contribution in [1.82, 2.24) is 4.90 Å². The monoisotopic (exact) mass is 297 g/mol. The number of carbonyl (C=O) groups is 1. The van der Waals surface area contributed by atoms with Crippen LogP contribution in [-0.2, 0) is 9.84 Å². The molecule has 1 aliphatic heterocycles. The number of carbonyl (C=O) groups excluding carboxylic acids is 1. The van der Waals surface area contributed by atoms with Gasteiger partial charge in [0, 0.05) is 18.4 Å². The first-order valence-corrected chi connectivity index (χ1v) is 8.54. The van der Waals surface area contributed by atoms with Crippen LogP contribution in [0.3, 0.4) is 0 Å². The average Bonchev–Trinajstić information content (AvgIpc) is 2.45. The summed E-state index contributed by atoms with van der Waals surface area (Å²) in [6.07, 6.45) is 3.89. The van der Waals surface area contributed by atoms with E-state index in [9.17, 15) is 18.3 Å². The number of rotatable bonds is 3. The first-order chi connectivity index (χ1) is 9.43. The maximum absolute atomic E-state index is 12.4. The molecule has 5 nitrogen and oxygen atoms in total. The summed E-state index contributed by atoms with van der Waals surface area (Å²) in [5.41, 5.74) is 0.456. The molecule has 1 aliphatic rings. The van der Waals surface area contributed by atoms with E-state index in [4.69, 9.17) is 0 Å². The molecule has 0 radical (unpaired) electrons. The number of amides is 1. The number of aliphatic hydroxyl groups excluding tert-OH is 1. The molecule has 1 N–H and O–H groups in total. The molecule has 1 aromatic carbocycles. The van der Waals surface area contributed by atoms with Crippen LogP contribution in [0.25, 0.3) is 0 Å². The Balaban J connectivity index is 2.20. The van der Waals surface area contributed by atoms with Gasteiger partial charge in [-0.15, -0.1) is 0 Å². The summed E-state index contributed by atoms with van der Waals surface area (Å²) < 4.78 is 22.8. The van der Waals surface area contributed by atoms with Crippen molar-refractivity contribution in [2.24, 2.45) is 0 Å². The van der Waals surface area contributed by atoms with Crippen molar-refractivity contribution in [3.63, 3.8) is 0 Å². The Morgan fingerprint density at radius 3 is 2.50 bits per heavy atom. The van der Waals surface area contributed by atoms with Gasteiger partial charge in [0.05, 0.1) is 17.5 Å². The molecule has 1 amide bonds. The lowest BCUT2D eigenvalue weighted by Gasteiger charge is -2.34. The molecule has 1 saturated heterocycles. The second-order valence-electron chi connectivity index (χ2n) is 5.13. The van der Waals surface area contributed by atoms with E-state index in [2.05, 4.69) is 0 Å². The Kier molecular flexibility index (Phi) is 4.45. The second kappa shape index (κ2) is 5.93. The zero-order valence-electron chi connectivity index (χ0n) is 11.4. The van der Waals surface area contributed by atoms with Crippen LogP contribution in [0, 0.1) is 0 Å². The van der Waals surface area contributed by atoms with E-state index in [1.807, 2.05) is 0 Å². The molecular formula is C14H19NO4S. The van der Waals surface area contributed by atoms with Crippen LogP contribution in [0.5, 0.6) is 0 Å². The van der Waals surface area contributed by atoms with Crippen LogP contribution >= 0.6 is 0 Å². The topological polar surface area (TPSA) is 74.7 Å². The Morgan fingerprint density at radius 2 is 1.95 bits per heavy atom. The van der Waals surface area contributed by atoms with E-state index in [1.54, 1.807) is 4.90 Å². The summed E-state index contributed by atoms with van der Waals surface area (Å²) in [5, 5.41) is 9.33. The number of nitrogens with zero attached hydrogens (tertiary/aromatic N) is 1. The minimum absolute atomic E-state index is 0.0346. The third-order valence-corrected chi connectivity index (χ3v) is 4.76. The van der Waals surface area contributed by atoms with E-state index >= 15 is 0 Å². The molecule has 110 valence electrons. The summed E-state index contributed by atoms with van der Waals surface area (Å²) in [5.74, 6) is -0.149. The number of hydrogen-bond donors (Lipinski definition) is 1. The molecule has 2 rings (SSSR count). The first kappa shape index (κ1) is 15.0. The predicted molar refractivity (Wildman–Crippen MR) is 75.3 cm³/mol. The van der Waals surface area contributed by atoms with E-state index < -0.39 is 9.84 Å². The molecule has 0 saturated carbocycles. The second-order valence-corrected chi connectivity index (χ2v) is 7.14. The van der Waals surface area contributed by atoms with Crippen molar-refractivity contribution in [2.75, 3.05) is 19.4 Å². The minimum atomic E-state index is -3.25. The number of aliphatic hydroxyl groups is 1. The standard InChI is InChI=1S/C14H19NO4S/c1-20(18,19)13-7-5-11(6-8-13)14(17)15-9-3-2-4-12(15)10-16/h5-8,12,16H,2-4,9-10H2,1H3. The van der Waals surface area contributed by atoms with E-state index in [0.29, 0.717) is 12.1 Å². The minimum Gasteiger partial charge on any atom is -0.394 e. The summed E-state index contributed by atoms with van der Waals surface area (Å²) >= 11 is 0. The fraction of sp³-hybridized carbons (Fsp3) is 0.500. The van der Waals surface area contributed by atoms with Gasteiger partial charge in [0.25, 0.3) is 5.91 Å². The summed E-state index contributed by atoms with van der Waals surface area (Å²) in [6.45, 7) is 0.602. The maximum atomic E-state index is 12.4. The summed E-state index contributed by atoms with van der Waals surface area (Å²) in [6, 6.07) is 5.82. The van der Waals surface area contributed by atoms with Crippen LogP contribution in [0.1, 0.15) is 29.6 Å². The van der Waals surface area contributed by atoms with Gasteiger partial charge in [-0.2, -0.15) is 0 Å². The van der Waals surface area contributed by atoms with Crippen molar-refractivity contribution in [1.29, 1.82) is 0 Å². The molecule has 20 heavy (non-hydrogen) atoms. The quantitative estimate of drug-likeness (QED) is 0.906. The Hall–Kier alpha value is -1.40. The van der Waals surface area contributed by atoms with Gasteiger partial charge in [0.15, 0.2) is 9.84 Å². The Morgan fingerprint density at radius 1 is 1.30 bits per heavy atom. The van der Waals surface area contributed by atoms with E-state index in [1.165, 1.54) is 24.3 Å². The van der Waals surface area contributed by atoms with Crippen LogP contribution < -0.4 is 0 Å². The zero-order chi connectivity index (χ0) is 14.8. The van der Waals surface area contributed by atoms with Gasteiger partial charge >= 0.3 is 0 Å².